The topological polar surface area (TPSA) is 86.2 Å². The van der Waals surface area contributed by atoms with E-state index in [0.717, 1.165) is 0 Å². The molecule has 1 rings (SSSR count). The van der Waals surface area contributed by atoms with Crippen molar-refractivity contribution in [1.29, 1.82) is 0 Å². The number of halogens is 1. The van der Waals surface area contributed by atoms with Gasteiger partial charge >= 0.3 is 0 Å². The van der Waals surface area contributed by atoms with E-state index in [1.807, 2.05) is 0 Å². The molecular weight excluding hydrogens is 252 g/mol. The number of nitrogen functional groups attached to an aromatic ring is 1. The van der Waals surface area contributed by atoms with Gasteiger partial charge in [0.25, 0.3) is 5.69 Å². The van der Waals surface area contributed by atoms with Gasteiger partial charge in [0.05, 0.1) is 16.2 Å². The number of nitro benzene ring substituents is 1. The summed E-state index contributed by atoms with van der Waals surface area (Å²) in [6, 6.07) is 2.80. The number of anilines is 1. The van der Waals surface area contributed by atoms with Crippen LogP contribution in [-0.4, -0.2) is 10.7 Å². The standard InChI is InChI=1S/C8H7BrN2O3/c1-4(12)5-2-3-6(10)7(9)8(5)11(13)14/h2-3H,10H2,1H3. The summed E-state index contributed by atoms with van der Waals surface area (Å²) in [5, 5.41) is 10.7. The first kappa shape index (κ1) is 10.6. The Labute approximate surface area is 88.2 Å². The van der Waals surface area contributed by atoms with Crippen LogP contribution in [0.15, 0.2) is 16.6 Å². The predicted octanol–water partition coefficient (Wildman–Crippen LogP) is 2.14. The molecule has 0 fully saturated rings. The number of carbonyl (C=O) groups excluding carboxylic acids is 1. The lowest BCUT2D eigenvalue weighted by Crippen LogP contribution is -2.02. The third-order valence-corrected chi connectivity index (χ3v) is 2.54. The van der Waals surface area contributed by atoms with Crippen LogP contribution in [0.2, 0.25) is 0 Å². The van der Waals surface area contributed by atoms with Crippen LogP contribution in [0.5, 0.6) is 0 Å². The SMILES string of the molecule is CC(=O)c1ccc(N)c(Br)c1[N+](=O)[O-]. The minimum absolute atomic E-state index is 0.0519. The Morgan fingerprint density at radius 1 is 1.57 bits per heavy atom. The molecule has 0 aliphatic rings. The molecule has 6 heteroatoms. The van der Waals surface area contributed by atoms with Gasteiger partial charge in [0.1, 0.15) is 4.47 Å². The van der Waals surface area contributed by atoms with Crippen molar-refractivity contribution in [3.63, 3.8) is 0 Å². The van der Waals surface area contributed by atoms with Crippen LogP contribution in [0, 0.1) is 10.1 Å². The Morgan fingerprint density at radius 2 is 2.14 bits per heavy atom. The number of Topliss-reactive ketones (excluding diaryl/α,β-unsaturated/α-hetero) is 1. The van der Waals surface area contributed by atoms with Gasteiger partial charge in [-0.15, -0.1) is 0 Å². The number of nitro groups is 1. The fourth-order valence-electron chi connectivity index (χ4n) is 1.04. The van der Waals surface area contributed by atoms with E-state index in [-0.39, 0.29) is 27.2 Å². The average Bonchev–Trinajstić information content (AvgIpc) is 2.08. The van der Waals surface area contributed by atoms with Crippen LogP contribution in [0.3, 0.4) is 0 Å². The lowest BCUT2D eigenvalue weighted by Gasteiger charge is -2.03. The van der Waals surface area contributed by atoms with Gasteiger partial charge in [-0.05, 0) is 35.0 Å². The summed E-state index contributed by atoms with van der Waals surface area (Å²) in [6.07, 6.45) is 0. The van der Waals surface area contributed by atoms with Crippen molar-refractivity contribution in [2.75, 3.05) is 5.73 Å². The Balaban J connectivity index is 3.53. The first-order chi connectivity index (χ1) is 6.45. The molecule has 0 saturated heterocycles. The first-order valence-electron chi connectivity index (χ1n) is 3.68. The quantitative estimate of drug-likeness (QED) is 0.381. The highest BCUT2D eigenvalue weighted by Gasteiger charge is 2.22. The van der Waals surface area contributed by atoms with Gasteiger partial charge in [0.2, 0.25) is 0 Å². The van der Waals surface area contributed by atoms with Crippen molar-refractivity contribution in [2.45, 2.75) is 6.92 Å². The molecule has 1 aromatic rings. The maximum Gasteiger partial charge on any atom is 0.296 e. The summed E-state index contributed by atoms with van der Waals surface area (Å²) in [7, 11) is 0. The molecule has 1 aromatic carbocycles. The largest absolute Gasteiger partial charge is 0.398 e. The Kier molecular flexibility index (Phi) is 2.85. The molecule has 0 radical (unpaired) electrons. The van der Waals surface area contributed by atoms with Crippen LogP contribution in [0.1, 0.15) is 17.3 Å². The Hall–Kier alpha value is -1.43. The average molecular weight is 259 g/mol. The van der Waals surface area contributed by atoms with Crippen molar-refractivity contribution in [3.8, 4) is 0 Å². The highest BCUT2D eigenvalue weighted by atomic mass is 79.9. The van der Waals surface area contributed by atoms with E-state index < -0.39 is 4.92 Å². The fraction of sp³-hybridized carbons (Fsp3) is 0.125. The summed E-state index contributed by atoms with van der Waals surface area (Å²) in [4.78, 5) is 21.1. The molecule has 5 nitrogen and oxygen atoms in total. The fourth-order valence-corrected chi connectivity index (χ4v) is 1.53. The molecule has 0 aromatic heterocycles. The van der Waals surface area contributed by atoms with Gasteiger partial charge in [0.15, 0.2) is 5.78 Å². The molecule has 0 atom stereocenters. The maximum absolute atomic E-state index is 11.1. The lowest BCUT2D eigenvalue weighted by molar-refractivity contribution is -0.385. The van der Waals surface area contributed by atoms with E-state index in [4.69, 9.17) is 5.73 Å². The van der Waals surface area contributed by atoms with Gasteiger partial charge in [-0.2, -0.15) is 0 Å². The molecule has 14 heavy (non-hydrogen) atoms. The van der Waals surface area contributed by atoms with Crippen LogP contribution < -0.4 is 5.73 Å². The van der Waals surface area contributed by atoms with Crippen LogP contribution in [-0.2, 0) is 0 Å². The lowest BCUT2D eigenvalue weighted by atomic mass is 10.1. The number of carbonyl (C=O) groups is 1. The van der Waals surface area contributed by atoms with E-state index in [9.17, 15) is 14.9 Å². The minimum Gasteiger partial charge on any atom is -0.398 e. The molecule has 0 spiro atoms. The molecule has 0 heterocycles. The minimum atomic E-state index is -0.628. The Morgan fingerprint density at radius 3 is 2.57 bits per heavy atom. The maximum atomic E-state index is 11.1. The molecule has 0 unspecified atom stereocenters. The van der Waals surface area contributed by atoms with Crippen molar-refractivity contribution < 1.29 is 9.72 Å². The summed E-state index contributed by atoms with van der Waals surface area (Å²) < 4.78 is 0.148. The number of hydrogen-bond donors (Lipinski definition) is 1. The molecule has 0 amide bonds. The highest BCUT2D eigenvalue weighted by molar-refractivity contribution is 9.10. The number of benzene rings is 1. The van der Waals surface area contributed by atoms with E-state index in [0.29, 0.717) is 0 Å². The number of rotatable bonds is 2. The third kappa shape index (κ3) is 1.74. The molecule has 0 bridgehead atoms. The zero-order valence-electron chi connectivity index (χ0n) is 7.28. The molecular formula is C8H7BrN2O3. The van der Waals surface area contributed by atoms with Gasteiger partial charge in [-0.3, -0.25) is 14.9 Å². The van der Waals surface area contributed by atoms with Crippen LogP contribution >= 0.6 is 15.9 Å². The van der Waals surface area contributed by atoms with Crippen LogP contribution in [0.25, 0.3) is 0 Å². The monoisotopic (exact) mass is 258 g/mol. The number of nitrogens with two attached hydrogens (primary N) is 1. The Bertz CT molecular complexity index is 417. The summed E-state index contributed by atoms with van der Waals surface area (Å²) >= 11 is 2.98. The van der Waals surface area contributed by atoms with E-state index in [2.05, 4.69) is 15.9 Å². The smallest absolute Gasteiger partial charge is 0.296 e. The first-order valence-corrected chi connectivity index (χ1v) is 4.47. The van der Waals surface area contributed by atoms with Gasteiger partial charge < -0.3 is 5.73 Å². The highest BCUT2D eigenvalue weighted by Crippen LogP contribution is 2.33. The summed E-state index contributed by atoms with van der Waals surface area (Å²) in [5.74, 6) is -0.364. The molecule has 0 aliphatic heterocycles. The predicted molar refractivity (Wildman–Crippen MR) is 55.2 cm³/mol. The van der Waals surface area contributed by atoms with Crippen molar-refractivity contribution in [2.24, 2.45) is 0 Å². The molecule has 0 saturated carbocycles. The second-order valence-electron chi connectivity index (χ2n) is 2.68. The number of ketones is 1. The number of hydrogen-bond acceptors (Lipinski definition) is 4. The second-order valence-corrected chi connectivity index (χ2v) is 3.47. The van der Waals surface area contributed by atoms with E-state index in [1.165, 1.54) is 19.1 Å². The van der Waals surface area contributed by atoms with E-state index in [1.54, 1.807) is 0 Å². The van der Waals surface area contributed by atoms with Gasteiger partial charge in [-0.1, -0.05) is 0 Å². The zero-order chi connectivity index (χ0) is 10.9. The van der Waals surface area contributed by atoms with E-state index >= 15 is 0 Å². The zero-order valence-corrected chi connectivity index (χ0v) is 8.87. The van der Waals surface area contributed by atoms with Crippen molar-refractivity contribution in [3.05, 3.63) is 32.3 Å². The third-order valence-electron chi connectivity index (χ3n) is 1.71. The van der Waals surface area contributed by atoms with Crippen LogP contribution in [0.4, 0.5) is 11.4 Å². The number of nitrogens with zero attached hydrogens (tertiary/aromatic N) is 1. The van der Waals surface area contributed by atoms with Gasteiger partial charge in [-0.25, -0.2) is 0 Å². The molecule has 2 N–H and O–H groups in total. The summed E-state index contributed by atoms with van der Waals surface area (Å²) in [6.45, 7) is 1.27. The summed E-state index contributed by atoms with van der Waals surface area (Å²) in [5.41, 5.74) is 5.47. The molecule has 0 aliphatic carbocycles. The molecule has 74 valence electrons. The normalized spacial score (nSPS) is 9.86. The van der Waals surface area contributed by atoms with Crippen molar-refractivity contribution >= 4 is 33.1 Å². The van der Waals surface area contributed by atoms with Gasteiger partial charge in [0, 0.05) is 0 Å². The van der Waals surface area contributed by atoms with Crippen molar-refractivity contribution in [1.82, 2.24) is 0 Å². The second kappa shape index (κ2) is 3.75.